The minimum Gasteiger partial charge on any atom is -0.356 e. The molecule has 0 saturated carbocycles. The van der Waals surface area contributed by atoms with Crippen LogP contribution in [-0.4, -0.2) is 39.1 Å². The molecule has 0 spiro atoms. The Morgan fingerprint density at radius 1 is 1.09 bits per heavy atom. The fourth-order valence-electron chi connectivity index (χ4n) is 2.23. The van der Waals surface area contributed by atoms with Crippen molar-refractivity contribution >= 4 is 19.6 Å². The molecule has 0 aromatic heterocycles. The second-order valence-corrected chi connectivity index (χ2v) is 12.8. The Morgan fingerprint density at radius 2 is 1.68 bits per heavy atom. The van der Waals surface area contributed by atoms with Gasteiger partial charge in [-0.2, -0.15) is 0 Å². The van der Waals surface area contributed by atoms with E-state index >= 15 is 0 Å². The molecule has 1 unspecified atom stereocenters. The molecule has 0 aliphatic carbocycles. The summed E-state index contributed by atoms with van der Waals surface area (Å²) < 4.78 is 11.2. The largest absolute Gasteiger partial charge is 0.356 e. The van der Waals surface area contributed by atoms with E-state index in [9.17, 15) is 9.59 Å². The number of carbonyl (C=O) groups excluding carboxylic acids is 2. The van der Waals surface area contributed by atoms with E-state index in [0.717, 1.165) is 12.5 Å². The van der Waals surface area contributed by atoms with Crippen molar-refractivity contribution in [1.82, 2.24) is 0 Å². The molecule has 0 radical (unpaired) electrons. The van der Waals surface area contributed by atoms with Crippen molar-refractivity contribution in [3.63, 3.8) is 0 Å². The van der Waals surface area contributed by atoms with E-state index in [2.05, 4.69) is 19.6 Å². The van der Waals surface area contributed by atoms with E-state index in [1.165, 1.54) is 0 Å². The predicted molar refractivity (Wildman–Crippen MR) is 92.8 cm³/mol. The van der Waals surface area contributed by atoms with Crippen LogP contribution in [0.5, 0.6) is 0 Å². The Bertz CT molecular complexity index is 349. The van der Waals surface area contributed by atoms with Gasteiger partial charge in [-0.15, -0.1) is 0 Å². The molecular weight excluding hydrogens is 296 g/mol. The second kappa shape index (κ2) is 10.3. The molecule has 0 heterocycles. The highest BCUT2D eigenvalue weighted by Crippen LogP contribution is 2.18. The molecule has 0 aliphatic heterocycles. The fourth-order valence-corrected chi connectivity index (χ4v) is 2.99. The average molecular weight is 331 g/mol. The Labute approximate surface area is 137 Å². The third-order valence-corrected chi connectivity index (χ3v) is 5.73. The summed E-state index contributed by atoms with van der Waals surface area (Å²) in [6.45, 7) is 15.2. The molecule has 0 bridgehead atoms. The zero-order chi connectivity index (χ0) is 17.3. The highest BCUT2D eigenvalue weighted by molar-refractivity contribution is 6.76. The van der Waals surface area contributed by atoms with Gasteiger partial charge in [-0.3, -0.25) is 9.59 Å². The van der Waals surface area contributed by atoms with Crippen molar-refractivity contribution in [2.75, 3.05) is 13.4 Å². The van der Waals surface area contributed by atoms with Gasteiger partial charge in [0, 0.05) is 27.0 Å². The van der Waals surface area contributed by atoms with Gasteiger partial charge < -0.3 is 9.47 Å². The number of carbonyl (C=O) groups is 2. The summed E-state index contributed by atoms with van der Waals surface area (Å²) in [5.41, 5.74) is 0. The summed E-state index contributed by atoms with van der Waals surface area (Å²) in [7, 11) is -1.09. The van der Waals surface area contributed by atoms with Crippen molar-refractivity contribution in [2.24, 2.45) is 11.8 Å². The molecule has 0 amide bonds. The minimum atomic E-state index is -1.09. The maximum absolute atomic E-state index is 12.3. The molecule has 130 valence electrons. The molecular formula is C17H34O4Si. The fraction of sp³-hybridized carbons (Fsp3) is 0.882. The standard InChI is InChI=1S/C17H34O4Si/c1-8-15(18)13(3)17(19)14(4)16(9-2)21-12-20-10-11-22(5,6)7/h13-14,16H,8-12H2,1-7H3/t13?,14-,16+/m1/s1. The van der Waals surface area contributed by atoms with Crippen LogP contribution in [0.2, 0.25) is 25.7 Å². The van der Waals surface area contributed by atoms with E-state index in [-0.39, 0.29) is 30.4 Å². The number of hydrogen-bond acceptors (Lipinski definition) is 4. The topological polar surface area (TPSA) is 52.6 Å². The molecule has 22 heavy (non-hydrogen) atoms. The third-order valence-electron chi connectivity index (χ3n) is 4.03. The maximum atomic E-state index is 12.3. The lowest BCUT2D eigenvalue weighted by Gasteiger charge is -2.24. The van der Waals surface area contributed by atoms with Gasteiger partial charge in [-0.1, -0.05) is 40.4 Å². The molecule has 0 aliphatic rings. The van der Waals surface area contributed by atoms with Gasteiger partial charge in [0.2, 0.25) is 0 Å². The van der Waals surface area contributed by atoms with Crippen LogP contribution in [0.15, 0.2) is 0 Å². The molecule has 0 saturated heterocycles. The lowest BCUT2D eigenvalue weighted by Crippen LogP contribution is -2.35. The molecule has 4 nitrogen and oxygen atoms in total. The minimum absolute atomic E-state index is 0.00177. The van der Waals surface area contributed by atoms with Crippen molar-refractivity contribution in [2.45, 2.75) is 72.3 Å². The predicted octanol–water partition coefficient (Wildman–Crippen LogP) is 3.91. The highest BCUT2D eigenvalue weighted by atomic mass is 28.3. The first-order chi connectivity index (χ1) is 10.1. The van der Waals surface area contributed by atoms with Crippen LogP contribution in [0.1, 0.15) is 40.5 Å². The van der Waals surface area contributed by atoms with E-state index in [0.29, 0.717) is 13.0 Å². The van der Waals surface area contributed by atoms with Crippen LogP contribution in [0.3, 0.4) is 0 Å². The Hall–Kier alpha value is -0.523. The van der Waals surface area contributed by atoms with E-state index in [1.54, 1.807) is 13.8 Å². The van der Waals surface area contributed by atoms with Crippen LogP contribution < -0.4 is 0 Å². The van der Waals surface area contributed by atoms with E-state index in [4.69, 9.17) is 9.47 Å². The summed E-state index contributed by atoms with van der Waals surface area (Å²) in [5, 5.41) is 0. The number of rotatable bonds is 12. The van der Waals surface area contributed by atoms with Crippen LogP contribution in [0, 0.1) is 11.8 Å². The van der Waals surface area contributed by atoms with Crippen molar-refractivity contribution < 1.29 is 19.1 Å². The monoisotopic (exact) mass is 330 g/mol. The van der Waals surface area contributed by atoms with Gasteiger partial charge in [-0.05, 0) is 19.4 Å². The van der Waals surface area contributed by atoms with Crippen LogP contribution >= 0.6 is 0 Å². The van der Waals surface area contributed by atoms with Crippen molar-refractivity contribution in [3.8, 4) is 0 Å². The molecule has 5 heteroatoms. The second-order valence-electron chi connectivity index (χ2n) is 7.18. The first-order valence-corrected chi connectivity index (χ1v) is 12.1. The van der Waals surface area contributed by atoms with Gasteiger partial charge in [0.1, 0.15) is 18.4 Å². The summed E-state index contributed by atoms with van der Waals surface area (Å²) in [6.07, 6.45) is 0.945. The third kappa shape index (κ3) is 8.20. The lowest BCUT2D eigenvalue weighted by atomic mass is 9.87. The van der Waals surface area contributed by atoms with Gasteiger partial charge in [-0.25, -0.2) is 0 Å². The normalized spacial score (nSPS) is 16.1. The molecule has 0 rings (SSSR count). The molecule has 0 fully saturated rings. The van der Waals surface area contributed by atoms with Gasteiger partial charge >= 0.3 is 0 Å². The smallest absolute Gasteiger partial charge is 0.148 e. The van der Waals surface area contributed by atoms with Crippen LogP contribution in [0.4, 0.5) is 0 Å². The zero-order valence-corrected chi connectivity index (χ0v) is 16.4. The van der Waals surface area contributed by atoms with Gasteiger partial charge in [0.05, 0.1) is 12.0 Å². The van der Waals surface area contributed by atoms with Crippen LogP contribution in [-0.2, 0) is 19.1 Å². The molecule has 0 aromatic rings. The average Bonchev–Trinajstić information content (AvgIpc) is 2.46. The number of hydrogen-bond donors (Lipinski definition) is 0. The Morgan fingerprint density at radius 3 is 2.14 bits per heavy atom. The quantitative estimate of drug-likeness (QED) is 0.236. The molecule has 3 atom stereocenters. The van der Waals surface area contributed by atoms with Crippen LogP contribution in [0.25, 0.3) is 0 Å². The summed E-state index contributed by atoms with van der Waals surface area (Å²) in [5.74, 6) is -0.847. The van der Waals surface area contributed by atoms with Crippen molar-refractivity contribution in [1.29, 1.82) is 0 Å². The zero-order valence-electron chi connectivity index (χ0n) is 15.4. The molecule has 0 N–H and O–H groups in total. The summed E-state index contributed by atoms with van der Waals surface area (Å²) in [6, 6.07) is 1.10. The maximum Gasteiger partial charge on any atom is 0.148 e. The Kier molecular flexibility index (Phi) is 10.0. The summed E-state index contributed by atoms with van der Waals surface area (Å²) >= 11 is 0. The van der Waals surface area contributed by atoms with Gasteiger partial charge in [0.15, 0.2) is 0 Å². The highest BCUT2D eigenvalue weighted by Gasteiger charge is 2.30. The molecule has 0 aromatic carbocycles. The Balaban J connectivity index is 4.28. The SMILES string of the molecule is CCC(=O)C(C)C(=O)[C@H](C)[C@H](CC)OCOCC[Si](C)(C)C. The number of Topliss-reactive ketones (excluding diaryl/α,β-unsaturated/α-hetero) is 2. The van der Waals surface area contributed by atoms with E-state index in [1.807, 2.05) is 13.8 Å². The van der Waals surface area contributed by atoms with Crippen molar-refractivity contribution in [3.05, 3.63) is 0 Å². The first-order valence-electron chi connectivity index (χ1n) is 8.39. The first kappa shape index (κ1) is 21.5. The number of ether oxygens (including phenoxy) is 2. The number of ketones is 2. The van der Waals surface area contributed by atoms with Gasteiger partial charge in [0.25, 0.3) is 0 Å². The lowest BCUT2D eigenvalue weighted by molar-refractivity contribution is -0.142. The summed E-state index contributed by atoms with van der Waals surface area (Å²) in [4.78, 5) is 24.0. The van der Waals surface area contributed by atoms with E-state index < -0.39 is 14.0 Å².